The lowest BCUT2D eigenvalue weighted by molar-refractivity contribution is -0.526. The molecule has 0 saturated carbocycles. The van der Waals surface area contributed by atoms with E-state index in [2.05, 4.69) is 9.73 Å². The van der Waals surface area contributed by atoms with Gasteiger partial charge in [-0.25, -0.2) is 15.1 Å². The zero-order chi connectivity index (χ0) is 11.9. The zero-order valence-electron chi connectivity index (χ0n) is 9.57. The molecule has 0 amide bonds. The van der Waals surface area contributed by atoms with Crippen molar-refractivity contribution in [2.45, 2.75) is 0 Å². The highest BCUT2D eigenvalue weighted by Gasteiger charge is 2.14. The molecule has 0 fully saturated rings. The fraction of sp³-hybridized carbons (Fsp3) is 0.750. The van der Waals surface area contributed by atoms with Crippen molar-refractivity contribution in [2.75, 3.05) is 20.4 Å². The molecule has 1 aliphatic rings. The second-order valence-electron chi connectivity index (χ2n) is 1.65. The van der Waals surface area contributed by atoms with Crippen molar-refractivity contribution >= 4 is 5.96 Å². The summed E-state index contributed by atoms with van der Waals surface area (Å²) < 4.78 is 33.0. The molecule has 0 unspecified atom stereocenters. The monoisotopic (exact) mass is 164 g/mol. The van der Waals surface area contributed by atoms with Crippen LogP contribution in [0.15, 0.2) is 4.99 Å². The van der Waals surface area contributed by atoms with Gasteiger partial charge in [0.05, 0.1) is 5.48 Å². The van der Waals surface area contributed by atoms with Gasteiger partial charge in [0.15, 0.2) is 5.03 Å². The lowest BCUT2D eigenvalue weighted by Crippen LogP contribution is -2.45. The van der Waals surface area contributed by atoms with Crippen LogP contribution in [0.5, 0.6) is 0 Å². The first-order valence-corrected chi connectivity index (χ1v) is 2.59. The number of nitro groups is 1. The molecule has 0 saturated heterocycles. The van der Waals surface area contributed by atoms with Gasteiger partial charge in [-0.05, 0) is 0 Å². The minimum atomic E-state index is -2.64. The van der Waals surface area contributed by atoms with Crippen molar-refractivity contribution in [2.24, 2.45) is 4.99 Å². The maximum atomic E-state index is 10.1. The van der Waals surface area contributed by atoms with E-state index in [9.17, 15) is 10.1 Å². The van der Waals surface area contributed by atoms with E-state index in [1.165, 1.54) is 0 Å². The summed E-state index contributed by atoms with van der Waals surface area (Å²) in [5.41, 5.74) is 1.58. The third-order valence-corrected chi connectivity index (χ3v) is 0.889. The largest absolute Gasteiger partial charge is 0.339 e. The number of hydrogen-bond donors (Lipinski definition) is 1. The fourth-order valence-electron chi connectivity index (χ4n) is 0.455. The van der Waals surface area contributed by atoms with Gasteiger partial charge in [0, 0.05) is 7.05 Å². The molecule has 0 aromatic rings. The second-order valence-corrected chi connectivity index (χ2v) is 1.65. The summed E-state index contributed by atoms with van der Waals surface area (Å²) in [5, 5.41) is 9.17. The smallest absolute Gasteiger partial charge is 0.260 e. The molecule has 7 nitrogen and oxygen atoms in total. The Balaban J connectivity index is 3.02. The van der Waals surface area contributed by atoms with E-state index in [1.54, 1.807) is 5.43 Å². The zero-order valence-corrected chi connectivity index (χ0v) is 5.57. The van der Waals surface area contributed by atoms with E-state index in [1.807, 2.05) is 0 Å². The normalized spacial score (nSPS) is 32.1. The first-order valence-electron chi connectivity index (χ1n) is 4.59. The van der Waals surface area contributed by atoms with Gasteiger partial charge in [-0.15, -0.1) is 0 Å². The van der Waals surface area contributed by atoms with Crippen molar-refractivity contribution in [3.05, 3.63) is 10.1 Å². The summed E-state index contributed by atoms with van der Waals surface area (Å²) in [6, 6.07) is 0. The number of ether oxygens (including phenoxy) is 1. The van der Waals surface area contributed by atoms with Crippen LogP contribution in [0.1, 0.15) is 5.48 Å². The van der Waals surface area contributed by atoms with Gasteiger partial charge >= 0.3 is 0 Å². The van der Waals surface area contributed by atoms with Crippen molar-refractivity contribution in [1.82, 2.24) is 10.3 Å². The van der Waals surface area contributed by atoms with E-state index in [0.29, 0.717) is 4.90 Å². The molecule has 0 bridgehead atoms. The van der Waals surface area contributed by atoms with Gasteiger partial charge in [-0.3, -0.25) is 0 Å². The van der Waals surface area contributed by atoms with Gasteiger partial charge < -0.3 is 9.64 Å². The number of guanidine groups is 1. The molecule has 1 rings (SSSR count). The Morgan fingerprint density at radius 2 is 2.82 bits per heavy atom. The van der Waals surface area contributed by atoms with Crippen molar-refractivity contribution < 1.29 is 15.3 Å². The molecule has 0 aromatic heterocycles. The Bertz CT molecular complexity index is 319. The molecule has 1 aliphatic heterocycles. The molecule has 1 N–H and O–H groups in total. The summed E-state index contributed by atoms with van der Waals surface area (Å²) in [4.78, 5) is 14.0. The second kappa shape index (κ2) is 3.15. The first kappa shape index (κ1) is 3.86. The number of nitrogens with one attached hydrogen (secondary N) is 1. The minimum absolute atomic E-state index is 0.554. The molecule has 1 heterocycles. The number of hydrazine groups is 1. The fourth-order valence-corrected chi connectivity index (χ4v) is 0.455. The van der Waals surface area contributed by atoms with Gasteiger partial charge in [-0.2, -0.15) is 0 Å². The van der Waals surface area contributed by atoms with Gasteiger partial charge in [-0.1, -0.05) is 5.43 Å². The molecule has 7 heteroatoms. The van der Waals surface area contributed by atoms with Crippen LogP contribution >= 0.6 is 0 Å². The van der Waals surface area contributed by atoms with Crippen LogP contribution in [0.25, 0.3) is 0 Å². The lowest BCUT2D eigenvalue weighted by atomic mass is 10.7. The topological polar surface area (TPSA) is 80.0 Å². The number of aliphatic imine (C=N–C) groups is 1. The first-order chi connectivity index (χ1) is 6.64. The van der Waals surface area contributed by atoms with Crippen molar-refractivity contribution in [3.8, 4) is 0 Å². The number of hydrogen-bond acceptors (Lipinski definition) is 5. The quantitative estimate of drug-likeness (QED) is 0.397. The standard InChI is InChI=1S/C4H8N4O3/c1-7-3-11-2-5-4(7)6-8(9)10/h2-3H2,1H3,(H,5,6)/i2D2,3D2. The molecule has 0 aromatic carbocycles. The van der Waals surface area contributed by atoms with E-state index >= 15 is 0 Å². The predicted octanol–water partition coefficient (Wildman–Crippen LogP) is -0.999. The van der Waals surface area contributed by atoms with E-state index < -0.39 is 24.4 Å². The Labute approximate surface area is 68.4 Å². The molecule has 0 radical (unpaired) electrons. The third kappa shape index (κ3) is 2.04. The highest BCUT2D eigenvalue weighted by Crippen LogP contribution is 1.93. The Kier molecular flexibility index (Phi) is 1.11. The molecule has 11 heavy (non-hydrogen) atoms. The van der Waals surface area contributed by atoms with Crippen LogP contribution in [0.2, 0.25) is 0 Å². The van der Waals surface area contributed by atoms with Crippen molar-refractivity contribution in [1.29, 1.82) is 0 Å². The Hall–Kier alpha value is -1.37. The van der Waals surface area contributed by atoms with E-state index in [4.69, 9.17) is 5.48 Å². The summed E-state index contributed by atoms with van der Waals surface area (Å²) in [6.07, 6.45) is 0. The summed E-state index contributed by atoms with van der Waals surface area (Å²) >= 11 is 0. The summed E-state index contributed by atoms with van der Waals surface area (Å²) in [7, 11) is 1.14. The van der Waals surface area contributed by atoms with Gasteiger partial charge in [0.2, 0.25) is 0 Å². The molecule has 62 valence electrons. The van der Waals surface area contributed by atoms with Crippen molar-refractivity contribution in [3.63, 3.8) is 0 Å². The van der Waals surface area contributed by atoms with Crippen LogP contribution in [-0.2, 0) is 4.74 Å². The van der Waals surface area contributed by atoms with E-state index in [-0.39, 0.29) is 0 Å². The number of rotatable bonds is 1. The van der Waals surface area contributed by atoms with Gasteiger partial charge in [0.25, 0.3) is 5.96 Å². The Morgan fingerprint density at radius 3 is 3.45 bits per heavy atom. The number of nitrogens with zero attached hydrogens (tertiary/aromatic N) is 3. The molecule has 0 atom stereocenters. The Morgan fingerprint density at radius 1 is 2.09 bits per heavy atom. The van der Waals surface area contributed by atoms with Crippen LogP contribution in [0.4, 0.5) is 0 Å². The average Bonchev–Trinajstić information content (AvgIpc) is 1.95. The molecular formula is C4H8N4O3. The SMILES string of the molecule is [2H]C1([2H])N=C(N[N+](=O)[O-])N(C)C([2H])([2H])O1. The highest BCUT2D eigenvalue weighted by molar-refractivity contribution is 5.78. The van der Waals surface area contributed by atoms with Crippen LogP contribution in [0.3, 0.4) is 0 Å². The van der Waals surface area contributed by atoms with E-state index in [0.717, 1.165) is 7.05 Å². The summed E-state index contributed by atoms with van der Waals surface area (Å²) in [5.74, 6) is -0.554. The van der Waals surface area contributed by atoms with Crippen LogP contribution < -0.4 is 5.43 Å². The molecule has 0 aliphatic carbocycles. The molecule has 0 spiro atoms. The maximum absolute atomic E-state index is 10.1. The minimum Gasteiger partial charge on any atom is -0.339 e. The lowest BCUT2D eigenvalue weighted by Gasteiger charge is -2.21. The predicted molar refractivity (Wildman–Crippen MR) is 36.1 cm³/mol. The highest BCUT2D eigenvalue weighted by atomic mass is 16.7. The summed E-state index contributed by atoms with van der Waals surface area (Å²) in [6.45, 7) is -5.15. The average molecular weight is 164 g/mol. The third-order valence-electron chi connectivity index (χ3n) is 0.889. The molecular weight excluding hydrogens is 152 g/mol. The maximum Gasteiger partial charge on any atom is 0.260 e. The van der Waals surface area contributed by atoms with Gasteiger partial charge in [0.1, 0.15) is 13.4 Å². The van der Waals surface area contributed by atoms with Crippen LogP contribution in [0, 0.1) is 10.1 Å². The van der Waals surface area contributed by atoms with Crippen LogP contribution in [-0.4, -0.2) is 36.3 Å².